The highest BCUT2D eigenvalue weighted by Gasteiger charge is 2.36. The molecule has 0 unspecified atom stereocenters. The van der Waals surface area contributed by atoms with E-state index >= 15 is 0 Å². The molecular formula is C23H31ClN6O5S. The first-order valence-electron chi connectivity index (χ1n) is 12.0. The molecule has 13 heteroatoms. The van der Waals surface area contributed by atoms with E-state index in [-0.39, 0.29) is 43.4 Å². The van der Waals surface area contributed by atoms with Crippen molar-refractivity contribution in [1.29, 1.82) is 0 Å². The zero-order valence-corrected chi connectivity index (χ0v) is 22.0. The Hall–Kier alpha value is -2.83. The molecule has 0 N–H and O–H groups in total. The smallest absolute Gasteiger partial charge is 0.409 e. The molecular weight excluding hydrogens is 508 g/mol. The van der Waals surface area contributed by atoms with Crippen molar-refractivity contribution in [2.24, 2.45) is 0 Å². The minimum absolute atomic E-state index is 0.0544. The molecule has 2 fully saturated rings. The number of hydrogen-bond donors (Lipinski definition) is 0. The molecule has 3 heterocycles. The second-order valence-corrected chi connectivity index (χ2v) is 10.8. The standard InChI is InChI=1S/C23H31ClN6O5S/c1-3-29-17-20(22(31)27-8-10-28(11-9-27)23(32)35-4-2)21(25-29)36(33,34)30-14-12-26(13-15-30)19-7-5-6-18(24)16-19/h5-7,16-17H,3-4,8-15H2,1-2H3. The quantitative estimate of drug-likeness (QED) is 0.553. The lowest BCUT2D eigenvalue weighted by molar-refractivity contribution is 0.0567. The minimum Gasteiger partial charge on any atom is -0.450 e. The fraction of sp³-hybridized carbons (Fsp3) is 0.522. The molecule has 0 aliphatic carbocycles. The number of carbonyl (C=O) groups excluding carboxylic acids is 2. The molecule has 2 aromatic rings. The predicted octanol–water partition coefficient (Wildman–Crippen LogP) is 1.98. The number of aryl methyl sites for hydroxylation is 1. The van der Waals surface area contributed by atoms with Crippen LogP contribution in [0.4, 0.5) is 10.5 Å². The van der Waals surface area contributed by atoms with Crippen LogP contribution >= 0.6 is 11.6 Å². The first kappa shape index (κ1) is 26.2. The van der Waals surface area contributed by atoms with E-state index in [0.29, 0.717) is 37.7 Å². The molecule has 2 aliphatic rings. The summed E-state index contributed by atoms with van der Waals surface area (Å²) in [5, 5.41) is 4.67. The number of anilines is 1. The van der Waals surface area contributed by atoms with Gasteiger partial charge in [0.05, 0.1) is 12.2 Å². The molecule has 2 saturated heterocycles. The van der Waals surface area contributed by atoms with Crippen LogP contribution < -0.4 is 4.90 Å². The second-order valence-electron chi connectivity index (χ2n) is 8.55. The van der Waals surface area contributed by atoms with Gasteiger partial charge in [0.15, 0.2) is 0 Å². The van der Waals surface area contributed by atoms with Crippen molar-refractivity contribution in [2.45, 2.75) is 25.4 Å². The maximum absolute atomic E-state index is 13.6. The Kier molecular flexibility index (Phi) is 8.06. The van der Waals surface area contributed by atoms with Crippen molar-refractivity contribution in [1.82, 2.24) is 23.9 Å². The lowest BCUT2D eigenvalue weighted by Gasteiger charge is -2.35. The highest BCUT2D eigenvalue weighted by Crippen LogP contribution is 2.25. The van der Waals surface area contributed by atoms with E-state index < -0.39 is 22.0 Å². The summed E-state index contributed by atoms with van der Waals surface area (Å²) in [4.78, 5) is 30.5. The largest absolute Gasteiger partial charge is 0.450 e. The van der Waals surface area contributed by atoms with Crippen molar-refractivity contribution in [3.8, 4) is 0 Å². The van der Waals surface area contributed by atoms with Gasteiger partial charge >= 0.3 is 6.09 Å². The Bertz CT molecular complexity index is 1200. The van der Waals surface area contributed by atoms with Gasteiger partial charge in [-0.1, -0.05) is 17.7 Å². The number of amides is 2. The summed E-state index contributed by atoms with van der Waals surface area (Å²) in [6, 6.07) is 7.46. The average Bonchev–Trinajstić information content (AvgIpc) is 3.34. The number of piperazine rings is 2. The Labute approximate surface area is 216 Å². The van der Waals surface area contributed by atoms with Gasteiger partial charge in [0.25, 0.3) is 15.9 Å². The number of benzene rings is 1. The topological polar surface area (TPSA) is 108 Å². The highest BCUT2D eigenvalue weighted by molar-refractivity contribution is 7.89. The van der Waals surface area contributed by atoms with Crippen LogP contribution in [0.3, 0.4) is 0 Å². The SMILES string of the molecule is CCOC(=O)N1CCN(C(=O)c2cn(CC)nc2S(=O)(=O)N2CCN(c3cccc(Cl)c3)CC2)CC1. The first-order chi connectivity index (χ1) is 17.2. The number of carbonyl (C=O) groups is 2. The number of hydrogen-bond acceptors (Lipinski definition) is 7. The lowest BCUT2D eigenvalue weighted by Crippen LogP contribution is -2.51. The molecule has 2 amide bonds. The van der Waals surface area contributed by atoms with Crippen LogP contribution in [0, 0.1) is 0 Å². The maximum Gasteiger partial charge on any atom is 0.409 e. The van der Waals surface area contributed by atoms with Crippen LogP contribution in [-0.4, -0.2) is 103 Å². The second kappa shape index (κ2) is 11.1. The van der Waals surface area contributed by atoms with Crippen LogP contribution in [0.1, 0.15) is 24.2 Å². The van der Waals surface area contributed by atoms with Crippen molar-refractivity contribution in [2.75, 3.05) is 63.9 Å². The molecule has 196 valence electrons. The molecule has 0 spiro atoms. The van der Waals surface area contributed by atoms with Gasteiger partial charge in [0.2, 0.25) is 5.03 Å². The summed E-state index contributed by atoms with van der Waals surface area (Å²) in [6.07, 6.45) is 1.08. The number of ether oxygens (including phenoxy) is 1. The third-order valence-electron chi connectivity index (χ3n) is 6.37. The first-order valence-corrected chi connectivity index (χ1v) is 13.9. The van der Waals surface area contributed by atoms with Crippen molar-refractivity contribution in [3.63, 3.8) is 0 Å². The summed E-state index contributed by atoms with van der Waals surface area (Å²) in [7, 11) is -3.99. The number of nitrogens with zero attached hydrogens (tertiary/aromatic N) is 6. The molecule has 0 bridgehead atoms. The molecule has 0 radical (unpaired) electrons. The summed E-state index contributed by atoms with van der Waals surface area (Å²) >= 11 is 6.11. The van der Waals surface area contributed by atoms with Crippen molar-refractivity contribution < 1.29 is 22.7 Å². The number of rotatable bonds is 6. The van der Waals surface area contributed by atoms with Crippen LogP contribution in [-0.2, 0) is 21.3 Å². The predicted molar refractivity (Wildman–Crippen MR) is 135 cm³/mol. The van der Waals surface area contributed by atoms with Crippen LogP contribution in [0.5, 0.6) is 0 Å². The Morgan fingerprint density at radius 1 is 1.00 bits per heavy atom. The number of sulfonamides is 1. The summed E-state index contributed by atoms with van der Waals surface area (Å²) in [5.41, 5.74) is 0.992. The zero-order valence-electron chi connectivity index (χ0n) is 20.5. The van der Waals surface area contributed by atoms with Crippen LogP contribution in [0.15, 0.2) is 35.5 Å². The van der Waals surface area contributed by atoms with Crippen molar-refractivity contribution in [3.05, 3.63) is 41.0 Å². The van der Waals surface area contributed by atoms with E-state index in [9.17, 15) is 18.0 Å². The van der Waals surface area contributed by atoms with E-state index in [1.54, 1.807) is 22.8 Å². The molecule has 4 rings (SSSR count). The number of halogens is 1. The lowest BCUT2D eigenvalue weighted by atomic mass is 10.2. The van der Waals surface area contributed by atoms with Gasteiger partial charge in [-0.2, -0.15) is 9.40 Å². The summed E-state index contributed by atoms with van der Waals surface area (Å²) in [6.45, 7) is 7.00. The Balaban J connectivity index is 1.48. The molecule has 11 nitrogen and oxygen atoms in total. The van der Waals surface area contributed by atoms with Gasteiger partial charge in [0, 0.05) is 75.8 Å². The average molecular weight is 539 g/mol. The Morgan fingerprint density at radius 2 is 1.67 bits per heavy atom. The van der Waals surface area contributed by atoms with Gasteiger partial charge in [0.1, 0.15) is 0 Å². The van der Waals surface area contributed by atoms with Gasteiger partial charge in [-0.3, -0.25) is 9.48 Å². The van der Waals surface area contributed by atoms with Gasteiger partial charge in [-0.05, 0) is 32.0 Å². The summed E-state index contributed by atoms with van der Waals surface area (Å²) in [5.74, 6) is -0.408. The van der Waals surface area contributed by atoms with E-state index in [2.05, 4.69) is 10.00 Å². The molecule has 1 aromatic carbocycles. The number of aromatic nitrogens is 2. The zero-order chi connectivity index (χ0) is 25.9. The third-order valence-corrected chi connectivity index (χ3v) is 8.44. The summed E-state index contributed by atoms with van der Waals surface area (Å²) < 4.78 is 35.1. The van der Waals surface area contributed by atoms with Gasteiger partial charge in [-0.25, -0.2) is 13.2 Å². The van der Waals surface area contributed by atoms with Gasteiger partial charge in [-0.15, -0.1) is 0 Å². The monoisotopic (exact) mass is 538 g/mol. The van der Waals surface area contributed by atoms with E-state index in [1.165, 1.54) is 15.2 Å². The Morgan fingerprint density at radius 3 is 2.28 bits per heavy atom. The van der Waals surface area contributed by atoms with E-state index in [0.717, 1.165) is 5.69 Å². The van der Waals surface area contributed by atoms with Crippen LogP contribution in [0.2, 0.25) is 5.02 Å². The normalized spacial score (nSPS) is 17.4. The van der Waals surface area contributed by atoms with Gasteiger partial charge < -0.3 is 19.4 Å². The fourth-order valence-corrected chi connectivity index (χ4v) is 6.06. The molecule has 0 atom stereocenters. The third kappa shape index (κ3) is 5.45. The fourth-order valence-electron chi connectivity index (χ4n) is 4.36. The molecule has 2 aliphatic heterocycles. The maximum atomic E-state index is 13.6. The van der Waals surface area contributed by atoms with Crippen molar-refractivity contribution >= 4 is 39.3 Å². The molecule has 0 saturated carbocycles. The minimum atomic E-state index is -3.99. The highest BCUT2D eigenvalue weighted by atomic mass is 35.5. The van der Waals surface area contributed by atoms with E-state index in [1.807, 2.05) is 25.1 Å². The van der Waals surface area contributed by atoms with Crippen LogP contribution in [0.25, 0.3) is 0 Å². The molecule has 36 heavy (non-hydrogen) atoms. The molecule has 1 aromatic heterocycles. The van der Waals surface area contributed by atoms with E-state index in [4.69, 9.17) is 16.3 Å².